The van der Waals surface area contributed by atoms with Crippen LogP contribution in [0.3, 0.4) is 0 Å². The van der Waals surface area contributed by atoms with Gasteiger partial charge in [-0.05, 0) is 82.1 Å². The van der Waals surface area contributed by atoms with Gasteiger partial charge in [-0.15, -0.1) is 12.4 Å². The van der Waals surface area contributed by atoms with Crippen LogP contribution in [0.2, 0.25) is 0 Å². The van der Waals surface area contributed by atoms with Gasteiger partial charge in [-0.2, -0.15) is 5.26 Å². The number of benzene rings is 2. The molecule has 0 aliphatic carbocycles. The Bertz CT molecular complexity index is 1010. The van der Waals surface area contributed by atoms with Crippen LogP contribution in [0, 0.1) is 11.3 Å². The molecule has 0 aliphatic rings. The molecule has 2 rings (SSSR count). The summed E-state index contributed by atoms with van der Waals surface area (Å²) in [5.41, 5.74) is 0.481. The molecule has 0 aromatic heterocycles. The zero-order valence-electron chi connectivity index (χ0n) is 22.8. The smallest absolute Gasteiger partial charge is 0.161 e. The summed E-state index contributed by atoms with van der Waals surface area (Å²) in [6.07, 6.45) is 2.36. The van der Waals surface area contributed by atoms with Crippen molar-refractivity contribution in [3.63, 3.8) is 0 Å². The minimum absolute atomic E-state index is 0. The molecule has 0 radical (unpaired) electrons. The molecule has 0 N–H and O–H groups in total. The van der Waals surface area contributed by atoms with Crippen molar-refractivity contribution in [1.82, 2.24) is 4.90 Å². The fourth-order valence-electron chi connectivity index (χ4n) is 4.41. The molecule has 0 saturated heterocycles. The minimum atomic E-state index is -0.856. The van der Waals surface area contributed by atoms with E-state index in [0.717, 1.165) is 43.0 Å². The second-order valence-corrected chi connectivity index (χ2v) is 9.15. The molecule has 7 nitrogen and oxygen atoms in total. The Morgan fingerprint density at radius 2 is 1.36 bits per heavy atom. The first kappa shape index (κ1) is 31.4. The summed E-state index contributed by atoms with van der Waals surface area (Å²) in [5.74, 6) is 2.70. The normalized spacial score (nSPS) is 12.8. The Morgan fingerprint density at radius 1 is 0.806 bits per heavy atom. The quantitative estimate of drug-likeness (QED) is 0.335. The second kappa shape index (κ2) is 14.2. The highest BCUT2D eigenvalue weighted by atomic mass is 35.5. The first-order valence-corrected chi connectivity index (χ1v) is 11.8. The maximum absolute atomic E-state index is 10.5. The van der Waals surface area contributed by atoms with Crippen molar-refractivity contribution in [2.75, 3.05) is 55.7 Å². The van der Waals surface area contributed by atoms with Crippen LogP contribution in [0.15, 0.2) is 36.4 Å². The lowest BCUT2D eigenvalue weighted by Crippen LogP contribution is -2.48. The molecule has 200 valence electrons. The average molecular weight is 521 g/mol. The number of rotatable bonds is 14. The molecule has 0 bridgehead atoms. The van der Waals surface area contributed by atoms with Crippen LogP contribution in [0.25, 0.3) is 0 Å². The maximum atomic E-state index is 10.5. The number of nitriles is 1. The molecule has 2 aromatic rings. The SMILES string of the molecule is COc1ccc(CCN(C)CCC[C@@](C#N)(c2ccc(OC)c(OC)c2)C(C)(C)OC)cc1OC.Cl. The molecule has 0 amide bonds. The first-order chi connectivity index (χ1) is 16.7. The Hall–Kier alpha value is -2.66. The lowest BCUT2D eigenvalue weighted by atomic mass is 9.66. The summed E-state index contributed by atoms with van der Waals surface area (Å²) in [7, 11) is 10.2. The van der Waals surface area contributed by atoms with Crippen LogP contribution in [0.4, 0.5) is 0 Å². The predicted octanol–water partition coefficient (Wildman–Crippen LogP) is 5.28. The second-order valence-electron chi connectivity index (χ2n) is 9.15. The third-order valence-electron chi connectivity index (χ3n) is 6.93. The van der Waals surface area contributed by atoms with Crippen LogP contribution in [-0.2, 0) is 16.6 Å². The van der Waals surface area contributed by atoms with Gasteiger partial charge in [0.25, 0.3) is 0 Å². The van der Waals surface area contributed by atoms with Crippen molar-refractivity contribution < 1.29 is 23.7 Å². The topological polar surface area (TPSA) is 73.2 Å². The van der Waals surface area contributed by atoms with Gasteiger partial charge in [-0.1, -0.05) is 12.1 Å². The standard InChI is InChI=1S/C28H40N2O5.ClH/c1-27(2,35-8)28(20-29,22-11-13-24(32-5)26(19-22)34-7)15-9-16-30(3)17-14-21-10-12-23(31-4)25(18-21)33-6;/h10-13,18-19H,9,14-17H2,1-8H3;1H/t28-;/m1./s1. The van der Waals surface area contributed by atoms with E-state index in [2.05, 4.69) is 24.1 Å². The summed E-state index contributed by atoms with van der Waals surface area (Å²) in [5, 5.41) is 10.5. The highest BCUT2D eigenvalue weighted by molar-refractivity contribution is 5.85. The van der Waals surface area contributed by atoms with Crippen molar-refractivity contribution in [1.29, 1.82) is 5.26 Å². The molecule has 8 heteroatoms. The molecule has 0 unspecified atom stereocenters. The van der Waals surface area contributed by atoms with Gasteiger partial charge in [0.1, 0.15) is 5.41 Å². The largest absolute Gasteiger partial charge is 0.493 e. The lowest BCUT2D eigenvalue weighted by molar-refractivity contribution is -0.0308. The van der Waals surface area contributed by atoms with E-state index in [-0.39, 0.29) is 12.4 Å². The van der Waals surface area contributed by atoms with E-state index >= 15 is 0 Å². The first-order valence-electron chi connectivity index (χ1n) is 11.8. The monoisotopic (exact) mass is 520 g/mol. The Morgan fingerprint density at radius 3 is 1.89 bits per heavy atom. The molecule has 0 aliphatic heterocycles. The van der Waals surface area contributed by atoms with E-state index in [1.165, 1.54) is 5.56 Å². The Kier molecular flexibility index (Phi) is 12.4. The number of likely N-dealkylation sites (N-methyl/N-ethyl adjacent to an activating group) is 1. The molecular formula is C28H41ClN2O5. The van der Waals surface area contributed by atoms with Gasteiger partial charge < -0.3 is 28.6 Å². The van der Waals surface area contributed by atoms with Gasteiger partial charge in [0.2, 0.25) is 0 Å². The molecule has 36 heavy (non-hydrogen) atoms. The fraction of sp³-hybridized carbons (Fsp3) is 0.536. The molecule has 0 heterocycles. The average Bonchev–Trinajstić information content (AvgIpc) is 2.89. The zero-order valence-corrected chi connectivity index (χ0v) is 23.7. The highest BCUT2D eigenvalue weighted by Crippen LogP contribution is 2.44. The van der Waals surface area contributed by atoms with Crippen molar-refractivity contribution in [2.24, 2.45) is 0 Å². The van der Waals surface area contributed by atoms with E-state index in [9.17, 15) is 5.26 Å². The highest BCUT2D eigenvalue weighted by Gasteiger charge is 2.47. The van der Waals surface area contributed by atoms with E-state index in [1.807, 2.05) is 44.2 Å². The number of methoxy groups -OCH3 is 5. The molecule has 1 atom stereocenters. The molecular weight excluding hydrogens is 480 g/mol. The summed E-state index contributed by atoms with van der Waals surface area (Å²) in [6, 6.07) is 14.3. The van der Waals surface area contributed by atoms with Crippen LogP contribution >= 0.6 is 12.4 Å². The predicted molar refractivity (Wildman–Crippen MR) is 145 cm³/mol. The van der Waals surface area contributed by atoms with Gasteiger partial charge in [-0.3, -0.25) is 0 Å². The van der Waals surface area contributed by atoms with Crippen LogP contribution in [0.1, 0.15) is 37.8 Å². The Balaban J connectivity index is 0.00000648. The number of halogens is 1. The molecule has 0 spiro atoms. The fourth-order valence-corrected chi connectivity index (χ4v) is 4.41. The van der Waals surface area contributed by atoms with Crippen molar-refractivity contribution in [2.45, 2.75) is 44.1 Å². The van der Waals surface area contributed by atoms with Crippen LogP contribution in [-0.4, -0.2) is 66.2 Å². The zero-order chi connectivity index (χ0) is 26.1. The van der Waals surface area contributed by atoms with Gasteiger partial charge in [0.05, 0.1) is 40.1 Å². The van der Waals surface area contributed by atoms with Crippen molar-refractivity contribution >= 4 is 12.4 Å². The van der Waals surface area contributed by atoms with E-state index < -0.39 is 11.0 Å². The summed E-state index contributed by atoms with van der Waals surface area (Å²) < 4.78 is 27.5. The summed E-state index contributed by atoms with van der Waals surface area (Å²) in [6.45, 7) is 5.67. The van der Waals surface area contributed by atoms with E-state index in [0.29, 0.717) is 17.9 Å². The molecule has 0 fully saturated rings. The number of hydrogen-bond acceptors (Lipinski definition) is 7. The number of ether oxygens (including phenoxy) is 5. The van der Waals surface area contributed by atoms with Crippen molar-refractivity contribution in [3.05, 3.63) is 47.5 Å². The summed E-state index contributed by atoms with van der Waals surface area (Å²) in [4.78, 5) is 2.28. The van der Waals surface area contributed by atoms with Crippen molar-refractivity contribution in [3.8, 4) is 29.1 Å². The van der Waals surface area contributed by atoms with E-state index in [4.69, 9.17) is 23.7 Å². The van der Waals surface area contributed by atoms with E-state index in [1.54, 1.807) is 35.5 Å². The third-order valence-corrected chi connectivity index (χ3v) is 6.93. The van der Waals surface area contributed by atoms with Gasteiger partial charge >= 0.3 is 0 Å². The third kappa shape index (κ3) is 6.97. The number of nitrogens with zero attached hydrogens (tertiary/aromatic N) is 2. The Labute approximate surface area is 222 Å². The molecule has 0 saturated carbocycles. The van der Waals surface area contributed by atoms with Gasteiger partial charge in [-0.25, -0.2) is 0 Å². The maximum Gasteiger partial charge on any atom is 0.161 e. The summed E-state index contributed by atoms with van der Waals surface area (Å²) >= 11 is 0. The van der Waals surface area contributed by atoms with Gasteiger partial charge in [0.15, 0.2) is 23.0 Å². The molecule has 2 aromatic carbocycles. The van der Waals surface area contributed by atoms with Crippen LogP contribution < -0.4 is 18.9 Å². The number of hydrogen-bond donors (Lipinski definition) is 0. The lowest BCUT2D eigenvalue weighted by Gasteiger charge is -2.41. The minimum Gasteiger partial charge on any atom is -0.493 e. The van der Waals surface area contributed by atoms with Crippen LogP contribution in [0.5, 0.6) is 23.0 Å². The van der Waals surface area contributed by atoms with Gasteiger partial charge in [0, 0.05) is 13.7 Å².